The van der Waals surface area contributed by atoms with E-state index in [0.717, 1.165) is 55.8 Å². The number of nitrogens with one attached hydrogen (secondary N) is 2. The molecule has 0 amide bonds. The molecule has 5 rings (SSSR count). The number of fused-ring (bicyclic) bond motifs is 1. The maximum Gasteiger partial charge on any atom is 0.573 e. The van der Waals surface area contributed by atoms with E-state index in [0.29, 0.717) is 12.5 Å². The quantitative estimate of drug-likeness (QED) is 0.387. The topological polar surface area (TPSA) is 103 Å². The molecule has 3 aromatic rings. The Labute approximate surface area is 210 Å². The van der Waals surface area contributed by atoms with Crippen molar-refractivity contribution in [1.29, 1.82) is 0 Å². The predicted molar refractivity (Wildman–Crippen MR) is 128 cm³/mol. The fourth-order valence-corrected chi connectivity index (χ4v) is 5.16. The van der Waals surface area contributed by atoms with Crippen molar-refractivity contribution < 1.29 is 27.8 Å². The highest BCUT2D eigenvalue weighted by Crippen LogP contribution is 2.51. The van der Waals surface area contributed by atoms with Gasteiger partial charge in [0.2, 0.25) is 0 Å². The van der Waals surface area contributed by atoms with E-state index in [2.05, 4.69) is 36.8 Å². The number of thiazole rings is 1. The molecule has 2 unspecified atom stereocenters. The molecule has 0 spiro atoms. The van der Waals surface area contributed by atoms with Crippen molar-refractivity contribution in [2.24, 2.45) is 17.8 Å². The molecule has 194 valence electrons. The second-order valence-corrected chi connectivity index (χ2v) is 9.62. The molecule has 1 aromatic carbocycles. The summed E-state index contributed by atoms with van der Waals surface area (Å²) in [5, 5.41) is 13.1. The lowest BCUT2D eigenvalue weighted by Crippen LogP contribution is -2.27. The van der Waals surface area contributed by atoms with Crippen molar-refractivity contribution in [3.8, 4) is 5.75 Å². The molecule has 1 saturated heterocycles. The molecule has 1 aliphatic carbocycles. The zero-order valence-corrected chi connectivity index (χ0v) is 20.5. The average molecular weight is 524 g/mol. The summed E-state index contributed by atoms with van der Waals surface area (Å²) in [4.78, 5) is 23.7. The number of H-pyrrole nitrogens is 1. The smallest absolute Gasteiger partial charge is 0.476 e. The van der Waals surface area contributed by atoms with E-state index in [4.69, 9.17) is 5.11 Å². The summed E-state index contributed by atoms with van der Waals surface area (Å²) in [5.41, 5.74) is 3.58. The van der Waals surface area contributed by atoms with Crippen LogP contribution in [0.2, 0.25) is 0 Å². The number of aromatic nitrogens is 3. The zero-order chi connectivity index (χ0) is 25.7. The SMILES string of the molecule is CCc1ncc(CN2CC3C(CNCc4cccc(OC(F)(F)F)c4)C3C2)[nH]1.O=C(O)c1cscn1. The second kappa shape index (κ2) is 11.4. The minimum atomic E-state index is -4.66. The van der Waals surface area contributed by atoms with E-state index in [9.17, 15) is 18.0 Å². The number of halogens is 3. The van der Waals surface area contributed by atoms with Gasteiger partial charge in [-0.25, -0.2) is 14.8 Å². The summed E-state index contributed by atoms with van der Waals surface area (Å²) in [6.45, 7) is 6.66. The number of ether oxygens (including phenoxy) is 1. The molecule has 2 atom stereocenters. The third kappa shape index (κ3) is 7.28. The number of aryl methyl sites for hydroxylation is 1. The summed E-state index contributed by atoms with van der Waals surface area (Å²) in [6.07, 6.45) is -1.81. The molecule has 3 heterocycles. The summed E-state index contributed by atoms with van der Waals surface area (Å²) in [5.74, 6) is 2.01. The van der Waals surface area contributed by atoms with Crippen molar-refractivity contribution in [2.75, 3.05) is 19.6 Å². The van der Waals surface area contributed by atoms with Gasteiger partial charge in [0.15, 0.2) is 5.69 Å². The number of hydrogen-bond donors (Lipinski definition) is 3. The van der Waals surface area contributed by atoms with Crippen molar-refractivity contribution in [1.82, 2.24) is 25.2 Å². The number of carbonyl (C=O) groups is 1. The van der Waals surface area contributed by atoms with Crippen LogP contribution in [0.25, 0.3) is 0 Å². The van der Waals surface area contributed by atoms with Crippen LogP contribution in [0.5, 0.6) is 5.75 Å². The minimum Gasteiger partial charge on any atom is -0.476 e. The summed E-state index contributed by atoms with van der Waals surface area (Å²) >= 11 is 1.28. The summed E-state index contributed by atoms with van der Waals surface area (Å²) < 4.78 is 40.9. The lowest BCUT2D eigenvalue weighted by Gasteiger charge is -2.18. The Bertz CT molecular complexity index is 1130. The molecule has 1 aliphatic heterocycles. The number of likely N-dealkylation sites (tertiary alicyclic amines) is 1. The molecule has 0 bridgehead atoms. The number of benzene rings is 1. The van der Waals surface area contributed by atoms with Crippen molar-refractivity contribution in [2.45, 2.75) is 32.8 Å². The highest BCUT2D eigenvalue weighted by Gasteiger charge is 2.54. The van der Waals surface area contributed by atoms with Crippen LogP contribution in [0.3, 0.4) is 0 Å². The molecular formula is C24H28F3N5O3S. The van der Waals surface area contributed by atoms with Crippen LogP contribution in [-0.4, -0.2) is 56.9 Å². The molecule has 12 heteroatoms. The van der Waals surface area contributed by atoms with Crippen LogP contribution in [-0.2, 0) is 19.5 Å². The van der Waals surface area contributed by atoms with Gasteiger partial charge >= 0.3 is 12.3 Å². The molecule has 36 heavy (non-hydrogen) atoms. The molecular weight excluding hydrogens is 495 g/mol. The van der Waals surface area contributed by atoms with E-state index >= 15 is 0 Å². The molecule has 3 N–H and O–H groups in total. The van der Waals surface area contributed by atoms with Gasteiger partial charge in [-0.1, -0.05) is 19.1 Å². The number of aromatic carboxylic acids is 1. The summed E-state index contributed by atoms with van der Waals surface area (Å²) in [6, 6.07) is 6.15. The third-order valence-corrected chi connectivity index (χ3v) is 6.94. The van der Waals surface area contributed by atoms with Crippen molar-refractivity contribution in [3.05, 3.63) is 64.1 Å². The van der Waals surface area contributed by atoms with Gasteiger partial charge in [-0.2, -0.15) is 0 Å². The lowest BCUT2D eigenvalue weighted by molar-refractivity contribution is -0.274. The van der Waals surface area contributed by atoms with Crippen LogP contribution in [0, 0.1) is 17.8 Å². The maximum atomic E-state index is 12.3. The number of aromatic amines is 1. The largest absolute Gasteiger partial charge is 0.573 e. The number of carboxylic acids is 1. The molecule has 8 nitrogen and oxygen atoms in total. The van der Waals surface area contributed by atoms with E-state index in [1.165, 1.54) is 40.1 Å². The minimum absolute atomic E-state index is 0.120. The molecule has 2 aliphatic rings. The number of hydrogen-bond acceptors (Lipinski definition) is 7. The highest BCUT2D eigenvalue weighted by atomic mass is 32.1. The normalized spacial score (nSPS) is 20.9. The fourth-order valence-electron chi connectivity index (χ4n) is 4.63. The first-order valence-corrected chi connectivity index (χ1v) is 12.6. The van der Waals surface area contributed by atoms with Gasteiger partial charge in [-0.3, -0.25) is 4.90 Å². The first-order chi connectivity index (χ1) is 17.2. The summed E-state index contributed by atoms with van der Waals surface area (Å²) in [7, 11) is 0. The van der Waals surface area contributed by atoms with Crippen LogP contribution in [0.4, 0.5) is 13.2 Å². The number of carboxylic acid groups (broad SMARTS) is 1. The Morgan fingerprint density at radius 2 is 2.08 bits per heavy atom. The van der Waals surface area contributed by atoms with Crippen molar-refractivity contribution in [3.63, 3.8) is 0 Å². The third-order valence-electron chi connectivity index (χ3n) is 6.35. The van der Waals surface area contributed by atoms with E-state index < -0.39 is 12.3 Å². The Kier molecular flexibility index (Phi) is 8.27. The lowest BCUT2D eigenvalue weighted by atomic mass is 10.2. The molecule has 2 fully saturated rings. The van der Waals surface area contributed by atoms with Gasteiger partial charge in [-0.05, 0) is 42.0 Å². The van der Waals surface area contributed by atoms with Crippen LogP contribution >= 0.6 is 11.3 Å². The van der Waals surface area contributed by atoms with Crippen LogP contribution in [0.1, 0.15) is 34.5 Å². The standard InChI is InChI=1S/C20H25F3N4O.C4H3NO2S/c1-2-19-25-8-14(26-19)10-27-11-17-16(18(17)12-27)9-24-7-13-4-3-5-15(6-13)28-20(21,22)23;6-4(7)3-1-8-2-5-3/h3-6,8,16-18,24H,2,7,9-12H2,1H3,(H,25,26);1-2H,(H,6,7). The number of alkyl halides is 3. The number of nitrogens with zero attached hydrogens (tertiary/aromatic N) is 3. The van der Waals surface area contributed by atoms with E-state index in [1.807, 2.05) is 6.20 Å². The maximum absolute atomic E-state index is 12.3. The van der Waals surface area contributed by atoms with E-state index in [-0.39, 0.29) is 11.4 Å². The Balaban J connectivity index is 0.000000325. The number of imidazole rings is 1. The van der Waals surface area contributed by atoms with Gasteiger partial charge in [0.25, 0.3) is 0 Å². The first kappa shape index (κ1) is 26.1. The Hall–Kier alpha value is -2.96. The Morgan fingerprint density at radius 3 is 2.67 bits per heavy atom. The molecule has 2 aromatic heterocycles. The second-order valence-electron chi connectivity index (χ2n) is 8.90. The number of piperidine rings is 1. The van der Waals surface area contributed by atoms with Crippen LogP contribution in [0.15, 0.2) is 41.4 Å². The number of rotatable bonds is 9. The van der Waals surface area contributed by atoms with Gasteiger partial charge in [0.1, 0.15) is 11.6 Å². The van der Waals surface area contributed by atoms with Crippen molar-refractivity contribution >= 4 is 17.3 Å². The average Bonchev–Trinajstić information content (AvgIpc) is 3.35. The van der Waals surface area contributed by atoms with Gasteiger partial charge in [0.05, 0.1) is 5.51 Å². The van der Waals surface area contributed by atoms with Gasteiger partial charge < -0.3 is 20.1 Å². The van der Waals surface area contributed by atoms with E-state index in [1.54, 1.807) is 12.1 Å². The van der Waals surface area contributed by atoms with Gasteiger partial charge in [0, 0.05) is 49.9 Å². The molecule has 0 radical (unpaired) electrons. The monoisotopic (exact) mass is 523 g/mol. The van der Waals surface area contributed by atoms with Crippen LogP contribution < -0.4 is 10.1 Å². The Morgan fingerprint density at radius 1 is 1.31 bits per heavy atom. The highest BCUT2D eigenvalue weighted by molar-refractivity contribution is 7.07. The predicted octanol–water partition coefficient (Wildman–Crippen LogP) is 4.18. The first-order valence-electron chi connectivity index (χ1n) is 11.6. The fraction of sp³-hybridized carbons (Fsp3) is 0.458. The zero-order valence-electron chi connectivity index (χ0n) is 19.7. The van der Waals surface area contributed by atoms with Gasteiger partial charge in [-0.15, -0.1) is 24.5 Å². The molecule has 1 saturated carbocycles.